The van der Waals surface area contributed by atoms with E-state index in [1.165, 1.54) is 25.7 Å². The van der Waals surface area contributed by atoms with E-state index < -0.39 is 0 Å². The summed E-state index contributed by atoms with van der Waals surface area (Å²) in [5.74, 6) is 5.87. The minimum atomic E-state index is -0.160. The standard InChI is InChI=1S/C16H30N4O/c1-13(2)20-11-8-14(19-20)12-15(18-17)16(21-3)9-6-4-5-7-10-16/h8,11,13,15,18H,4-7,9-10,12,17H2,1-3H3. The van der Waals surface area contributed by atoms with E-state index in [1.54, 1.807) is 0 Å². The zero-order valence-electron chi connectivity index (χ0n) is 13.6. The molecular weight excluding hydrogens is 264 g/mol. The van der Waals surface area contributed by atoms with E-state index >= 15 is 0 Å². The predicted octanol–water partition coefficient (Wildman–Crippen LogP) is 2.58. The number of nitrogens with one attached hydrogen (secondary N) is 1. The molecule has 21 heavy (non-hydrogen) atoms. The first-order chi connectivity index (χ1) is 10.1. The lowest BCUT2D eigenvalue weighted by Crippen LogP contribution is -2.55. The second-order valence-electron chi connectivity index (χ2n) is 6.49. The molecule has 3 N–H and O–H groups in total. The predicted molar refractivity (Wildman–Crippen MR) is 84.9 cm³/mol. The molecule has 1 saturated carbocycles. The Balaban J connectivity index is 2.12. The summed E-state index contributed by atoms with van der Waals surface area (Å²) in [5.41, 5.74) is 3.92. The molecular formula is C16H30N4O. The van der Waals surface area contributed by atoms with Crippen LogP contribution in [-0.4, -0.2) is 28.5 Å². The van der Waals surface area contributed by atoms with E-state index in [0.717, 1.165) is 25.0 Å². The van der Waals surface area contributed by atoms with Crippen molar-refractivity contribution in [3.8, 4) is 0 Å². The second kappa shape index (κ2) is 7.38. The van der Waals surface area contributed by atoms with Crippen molar-refractivity contribution in [2.75, 3.05) is 7.11 Å². The van der Waals surface area contributed by atoms with Gasteiger partial charge >= 0.3 is 0 Å². The van der Waals surface area contributed by atoms with Gasteiger partial charge in [0.1, 0.15) is 0 Å². The van der Waals surface area contributed by atoms with E-state index in [4.69, 9.17) is 10.6 Å². The van der Waals surface area contributed by atoms with E-state index in [1.807, 2.05) is 18.0 Å². The SMILES string of the molecule is COC1(C(Cc2ccn(C(C)C)n2)NN)CCCCCC1. The summed E-state index contributed by atoms with van der Waals surface area (Å²) >= 11 is 0. The van der Waals surface area contributed by atoms with E-state index in [9.17, 15) is 0 Å². The molecule has 5 heteroatoms. The fourth-order valence-electron chi connectivity index (χ4n) is 3.40. The van der Waals surface area contributed by atoms with Gasteiger partial charge in [-0.2, -0.15) is 5.10 Å². The highest BCUT2D eigenvalue weighted by Gasteiger charge is 2.39. The largest absolute Gasteiger partial charge is 0.377 e. The Morgan fingerprint density at radius 3 is 2.48 bits per heavy atom. The summed E-state index contributed by atoms with van der Waals surface area (Å²) < 4.78 is 7.96. The number of nitrogens with zero attached hydrogens (tertiary/aromatic N) is 2. The second-order valence-corrected chi connectivity index (χ2v) is 6.49. The molecule has 0 spiro atoms. The van der Waals surface area contributed by atoms with Gasteiger partial charge in [0.15, 0.2) is 0 Å². The summed E-state index contributed by atoms with van der Waals surface area (Å²) in [6.07, 6.45) is 10.0. The maximum absolute atomic E-state index is 5.96. The van der Waals surface area contributed by atoms with E-state index in [-0.39, 0.29) is 11.6 Å². The molecule has 1 aromatic rings. The molecule has 0 bridgehead atoms. The zero-order chi connectivity index (χ0) is 15.3. The molecule has 1 aliphatic rings. The van der Waals surface area contributed by atoms with Gasteiger partial charge in [-0.1, -0.05) is 25.7 Å². The summed E-state index contributed by atoms with van der Waals surface area (Å²) in [6.45, 7) is 4.27. The van der Waals surface area contributed by atoms with Crippen molar-refractivity contribution >= 4 is 0 Å². The highest BCUT2D eigenvalue weighted by molar-refractivity contribution is 5.06. The zero-order valence-corrected chi connectivity index (χ0v) is 13.6. The molecule has 1 heterocycles. The number of ether oxygens (including phenoxy) is 1. The van der Waals surface area contributed by atoms with Gasteiger partial charge < -0.3 is 4.74 Å². The highest BCUT2D eigenvalue weighted by atomic mass is 16.5. The minimum absolute atomic E-state index is 0.108. The van der Waals surface area contributed by atoms with Crippen LogP contribution in [-0.2, 0) is 11.2 Å². The first-order valence-corrected chi connectivity index (χ1v) is 8.16. The lowest BCUT2D eigenvalue weighted by atomic mass is 9.84. The van der Waals surface area contributed by atoms with Crippen LogP contribution in [0.4, 0.5) is 0 Å². The fourth-order valence-corrected chi connectivity index (χ4v) is 3.40. The molecule has 120 valence electrons. The third-order valence-corrected chi connectivity index (χ3v) is 4.80. The normalized spacial score (nSPS) is 20.4. The van der Waals surface area contributed by atoms with E-state index in [0.29, 0.717) is 6.04 Å². The summed E-state index contributed by atoms with van der Waals surface area (Å²) in [6, 6.07) is 2.58. The number of hydrazine groups is 1. The number of aromatic nitrogens is 2. The van der Waals surface area contributed by atoms with Gasteiger partial charge in [0.2, 0.25) is 0 Å². The fraction of sp³-hybridized carbons (Fsp3) is 0.812. The molecule has 0 aromatic carbocycles. The van der Waals surface area contributed by atoms with Gasteiger partial charge in [-0.05, 0) is 32.8 Å². The van der Waals surface area contributed by atoms with Crippen LogP contribution in [0.15, 0.2) is 12.3 Å². The maximum Gasteiger partial charge on any atom is 0.0848 e. The number of rotatable bonds is 6. The molecule has 0 aliphatic heterocycles. The van der Waals surface area contributed by atoms with Crippen molar-refractivity contribution < 1.29 is 4.74 Å². The van der Waals surface area contributed by atoms with Crippen LogP contribution >= 0.6 is 0 Å². The topological polar surface area (TPSA) is 65.1 Å². The van der Waals surface area contributed by atoms with Crippen LogP contribution in [0.25, 0.3) is 0 Å². The highest BCUT2D eigenvalue weighted by Crippen LogP contribution is 2.34. The molecule has 1 aromatic heterocycles. The molecule has 1 unspecified atom stereocenters. The Bertz CT molecular complexity index is 422. The average molecular weight is 294 g/mol. The molecule has 0 amide bonds. The quantitative estimate of drug-likeness (QED) is 0.481. The van der Waals surface area contributed by atoms with Gasteiger partial charge in [-0.3, -0.25) is 16.0 Å². The Morgan fingerprint density at radius 2 is 2.00 bits per heavy atom. The summed E-state index contributed by atoms with van der Waals surface area (Å²) in [4.78, 5) is 0. The molecule has 2 rings (SSSR count). The minimum Gasteiger partial charge on any atom is -0.377 e. The molecule has 1 fully saturated rings. The maximum atomic E-state index is 5.96. The molecule has 1 aliphatic carbocycles. The van der Waals surface area contributed by atoms with Crippen molar-refractivity contribution in [2.45, 2.75) is 76.5 Å². The lowest BCUT2D eigenvalue weighted by Gasteiger charge is -2.38. The number of methoxy groups -OCH3 is 1. The van der Waals surface area contributed by atoms with Crippen molar-refractivity contribution in [1.29, 1.82) is 0 Å². The number of hydrogen-bond acceptors (Lipinski definition) is 4. The first kappa shape index (κ1) is 16.5. The molecule has 0 saturated heterocycles. The van der Waals surface area contributed by atoms with Gasteiger partial charge in [-0.25, -0.2) is 0 Å². The smallest absolute Gasteiger partial charge is 0.0848 e. The first-order valence-electron chi connectivity index (χ1n) is 8.16. The van der Waals surface area contributed by atoms with Gasteiger partial charge in [-0.15, -0.1) is 0 Å². The van der Waals surface area contributed by atoms with Crippen LogP contribution < -0.4 is 11.3 Å². The van der Waals surface area contributed by atoms with Crippen LogP contribution in [0.3, 0.4) is 0 Å². The molecule has 5 nitrogen and oxygen atoms in total. The van der Waals surface area contributed by atoms with Crippen LogP contribution in [0.5, 0.6) is 0 Å². The average Bonchev–Trinajstić information content (AvgIpc) is 2.82. The Morgan fingerprint density at radius 1 is 1.33 bits per heavy atom. The Hall–Kier alpha value is -0.910. The van der Waals surface area contributed by atoms with Gasteiger partial charge in [0.05, 0.1) is 17.3 Å². The summed E-state index contributed by atoms with van der Waals surface area (Å²) in [5, 5.41) is 4.65. The lowest BCUT2D eigenvalue weighted by molar-refractivity contribution is -0.0529. The number of nitrogens with two attached hydrogens (primary N) is 1. The third kappa shape index (κ3) is 3.84. The van der Waals surface area contributed by atoms with Crippen molar-refractivity contribution in [3.05, 3.63) is 18.0 Å². The molecule has 1 atom stereocenters. The van der Waals surface area contributed by atoms with Gasteiger partial charge in [0.25, 0.3) is 0 Å². The third-order valence-electron chi connectivity index (χ3n) is 4.80. The number of hydrogen-bond donors (Lipinski definition) is 2. The molecule has 0 radical (unpaired) electrons. The Kier molecular flexibility index (Phi) is 5.79. The van der Waals surface area contributed by atoms with Crippen molar-refractivity contribution in [3.63, 3.8) is 0 Å². The van der Waals surface area contributed by atoms with E-state index in [2.05, 4.69) is 30.4 Å². The Labute approximate surface area is 128 Å². The van der Waals surface area contributed by atoms with Crippen LogP contribution in [0.1, 0.15) is 64.1 Å². The van der Waals surface area contributed by atoms with Gasteiger partial charge in [0, 0.05) is 25.8 Å². The van der Waals surface area contributed by atoms with Crippen LogP contribution in [0.2, 0.25) is 0 Å². The van der Waals surface area contributed by atoms with Crippen molar-refractivity contribution in [2.24, 2.45) is 5.84 Å². The monoisotopic (exact) mass is 294 g/mol. The van der Waals surface area contributed by atoms with Crippen LogP contribution in [0, 0.1) is 0 Å². The van der Waals surface area contributed by atoms with Crippen molar-refractivity contribution in [1.82, 2.24) is 15.2 Å². The summed E-state index contributed by atoms with van der Waals surface area (Å²) in [7, 11) is 1.82.